The SMILES string of the molecule is CCc1nc(N)c(C)c(Oc2ccc(Cl)cc2Br)n1. The van der Waals surface area contributed by atoms with Crippen molar-refractivity contribution in [2.45, 2.75) is 20.3 Å². The third kappa shape index (κ3) is 3.16. The molecule has 0 spiro atoms. The maximum Gasteiger partial charge on any atom is 0.227 e. The number of ether oxygens (including phenoxy) is 1. The van der Waals surface area contributed by atoms with Crippen LogP contribution in [0.5, 0.6) is 11.6 Å². The Morgan fingerprint density at radius 1 is 1.37 bits per heavy atom. The molecule has 0 saturated carbocycles. The molecule has 1 heterocycles. The Kier molecular flexibility index (Phi) is 4.27. The van der Waals surface area contributed by atoms with E-state index in [1.807, 2.05) is 13.8 Å². The molecular weight excluding hydrogens is 330 g/mol. The average Bonchev–Trinajstić information content (AvgIpc) is 2.37. The minimum atomic E-state index is 0.437. The second kappa shape index (κ2) is 5.75. The van der Waals surface area contributed by atoms with Crippen molar-refractivity contribution in [2.75, 3.05) is 5.73 Å². The Morgan fingerprint density at radius 2 is 2.11 bits per heavy atom. The lowest BCUT2D eigenvalue weighted by atomic mass is 10.3. The van der Waals surface area contributed by atoms with Gasteiger partial charge in [0.1, 0.15) is 17.4 Å². The summed E-state index contributed by atoms with van der Waals surface area (Å²) in [4.78, 5) is 8.53. The molecule has 0 saturated heterocycles. The Labute approximate surface area is 125 Å². The second-order valence-corrected chi connectivity index (χ2v) is 5.28. The molecule has 2 aromatic rings. The molecule has 2 N–H and O–H groups in total. The van der Waals surface area contributed by atoms with Gasteiger partial charge in [-0.2, -0.15) is 4.98 Å². The predicted octanol–water partition coefficient (Wildman–Crippen LogP) is 4.14. The Morgan fingerprint density at radius 3 is 2.74 bits per heavy atom. The predicted molar refractivity (Wildman–Crippen MR) is 79.8 cm³/mol. The molecule has 6 heteroatoms. The van der Waals surface area contributed by atoms with Gasteiger partial charge in [-0.05, 0) is 41.1 Å². The molecule has 1 aromatic heterocycles. The summed E-state index contributed by atoms with van der Waals surface area (Å²) in [5.41, 5.74) is 6.57. The number of rotatable bonds is 3. The van der Waals surface area contributed by atoms with Gasteiger partial charge in [-0.15, -0.1) is 0 Å². The van der Waals surface area contributed by atoms with E-state index in [-0.39, 0.29) is 0 Å². The Hall–Kier alpha value is -1.33. The molecule has 100 valence electrons. The smallest absolute Gasteiger partial charge is 0.227 e. The third-order valence-corrected chi connectivity index (χ3v) is 3.46. The summed E-state index contributed by atoms with van der Waals surface area (Å²) < 4.78 is 6.54. The molecule has 0 radical (unpaired) electrons. The highest BCUT2D eigenvalue weighted by molar-refractivity contribution is 9.10. The van der Waals surface area contributed by atoms with E-state index < -0.39 is 0 Å². The van der Waals surface area contributed by atoms with Crippen molar-refractivity contribution in [1.29, 1.82) is 0 Å². The van der Waals surface area contributed by atoms with Crippen LogP contribution >= 0.6 is 27.5 Å². The van der Waals surface area contributed by atoms with E-state index in [9.17, 15) is 0 Å². The second-order valence-electron chi connectivity index (χ2n) is 3.99. The molecule has 0 unspecified atom stereocenters. The molecule has 0 atom stereocenters. The van der Waals surface area contributed by atoms with E-state index in [1.54, 1.807) is 18.2 Å². The summed E-state index contributed by atoms with van der Waals surface area (Å²) in [7, 11) is 0. The Balaban J connectivity index is 2.40. The molecular formula is C13H13BrClN3O. The topological polar surface area (TPSA) is 61.0 Å². The monoisotopic (exact) mass is 341 g/mol. The zero-order valence-corrected chi connectivity index (χ0v) is 12.9. The van der Waals surface area contributed by atoms with Crippen LogP contribution in [0.25, 0.3) is 0 Å². The first kappa shape index (κ1) is 14.1. The van der Waals surface area contributed by atoms with Gasteiger partial charge >= 0.3 is 0 Å². The van der Waals surface area contributed by atoms with Gasteiger partial charge in [0.25, 0.3) is 0 Å². The number of anilines is 1. The molecule has 0 bridgehead atoms. The van der Waals surface area contributed by atoms with E-state index in [0.717, 1.165) is 10.0 Å². The van der Waals surface area contributed by atoms with E-state index in [4.69, 9.17) is 22.1 Å². The first-order valence-electron chi connectivity index (χ1n) is 5.77. The fourth-order valence-corrected chi connectivity index (χ4v) is 2.24. The number of aryl methyl sites for hydroxylation is 1. The number of hydrogen-bond donors (Lipinski definition) is 1. The van der Waals surface area contributed by atoms with Gasteiger partial charge in [0, 0.05) is 11.4 Å². The zero-order chi connectivity index (χ0) is 14.0. The number of halogens is 2. The number of nitrogen functional groups attached to an aromatic ring is 1. The van der Waals surface area contributed by atoms with E-state index >= 15 is 0 Å². The van der Waals surface area contributed by atoms with Gasteiger partial charge in [-0.3, -0.25) is 0 Å². The maximum atomic E-state index is 5.89. The van der Waals surface area contributed by atoms with Crippen LogP contribution in [0.2, 0.25) is 5.02 Å². The molecule has 0 amide bonds. The standard InChI is InChI=1S/C13H13BrClN3O/c1-3-11-17-12(16)7(2)13(18-11)19-10-5-4-8(15)6-9(10)14/h4-6H,3H2,1-2H3,(H2,16,17,18). The van der Waals surface area contributed by atoms with Crippen LogP contribution < -0.4 is 10.5 Å². The van der Waals surface area contributed by atoms with Gasteiger partial charge in [0.15, 0.2) is 0 Å². The van der Waals surface area contributed by atoms with E-state index in [1.165, 1.54) is 0 Å². The van der Waals surface area contributed by atoms with Crippen molar-refractivity contribution in [1.82, 2.24) is 9.97 Å². The number of aromatic nitrogens is 2. The van der Waals surface area contributed by atoms with Crippen LogP contribution in [0.4, 0.5) is 5.82 Å². The van der Waals surface area contributed by atoms with Crippen LogP contribution in [0.15, 0.2) is 22.7 Å². The number of nitrogens with zero attached hydrogens (tertiary/aromatic N) is 2. The summed E-state index contributed by atoms with van der Waals surface area (Å²) >= 11 is 9.29. The highest BCUT2D eigenvalue weighted by Crippen LogP contribution is 2.33. The molecule has 19 heavy (non-hydrogen) atoms. The summed E-state index contributed by atoms with van der Waals surface area (Å²) in [5.74, 6) is 2.19. The average molecular weight is 343 g/mol. The normalized spacial score (nSPS) is 10.5. The van der Waals surface area contributed by atoms with Gasteiger partial charge in [-0.25, -0.2) is 4.98 Å². The first-order chi connectivity index (χ1) is 9.01. The Bertz CT molecular complexity index is 619. The molecule has 0 fully saturated rings. The number of nitrogens with two attached hydrogens (primary N) is 1. The quantitative estimate of drug-likeness (QED) is 0.910. The molecule has 0 aliphatic heterocycles. The van der Waals surface area contributed by atoms with Crippen molar-refractivity contribution >= 4 is 33.3 Å². The molecule has 0 aliphatic rings. The molecule has 1 aromatic carbocycles. The zero-order valence-electron chi connectivity index (χ0n) is 10.6. The van der Waals surface area contributed by atoms with Crippen LogP contribution in [-0.2, 0) is 6.42 Å². The first-order valence-corrected chi connectivity index (χ1v) is 6.94. The van der Waals surface area contributed by atoms with Gasteiger partial charge < -0.3 is 10.5 Å². The van der Waals surface area contributed by atoms with Crippen molar-refractivity contribution in [3.05, 3.63) is 39.1 Å². The van der Waals surface area contributed by atoms with Crippen LogP contribution in [0, 0.1) is 6.92 Å². The van der Waals surface area contributed by atoms with Crippen LogP contribution in [0.1, 0.15) is 18.3 Å². The van der Waals surface area contributed by atoms with Crippen LogP contribution in [0.3, 0.4) is 0 Å². The van der Waals surface area contributed by atoms with Gasteiger partial charge in [0.05, 0.1) is 10.0 Å². The van der Waals surface area contributed by atoms with Crippen molar-refractivity contribution in [3.63, 3.8) is 0 Å². The summed E-state index contributed by atoms with van der Waals surface area (Å²) in [6.45, 7) is 3.79. The molecule has 2 rings (SSSR count). The number of hydrogen-bond acceptors (Lipinski definition) is 4. The van der Waals surface area contributed by atoms with Gasteiger partial charge in [0.2, 0.25) is 5.88 Å². The highest BCUT2D eigenvalue weighted by atomic mass is 79.9. The summed E-state index contributed by atoms with van der Waals surface area (Å²) in [5, 5.41) is 0.632. The van der Waals surface area contributed by atoms with E-state index in [0.29, 0.717) is 34.7 Å². The lowest BCUT2D eigenvalue weighted by molar-refractivity contribution is 0.452. The molecule has 0 aliphatic carbocycles. The van der Waals surface area contributed by atoms with Crippen LogP contribution in [-0.4, -0.2) is 9.97 Å². The fourth-order valence-electron chi connectivity index (χ4n) is 1.48. The lowest BCUT2D eigenvalue weighted by Gasteiger charge is -2.11. The van der Waals surface area contributed by atoms with Crippen molar-refractivity contribution in [2.24, 2.45) is 0 Å². The van der Waals surface area contributed by atoms with E-state index in [2.05, 4.69) is 25.9 Å². The lowest BCUT2D eigenvalue weighted by Crippen LogP contribution is -2.04. The maximum absolute atomic E-state index is 5.89. The summed E-state index contributed by atoms with van der Waals surface area (Å²) in [6, 6.07) is 5.29. The van der Waals surface area contributed by atoms with Crippen molar-refractivity contribution < 1.29 is 4.74 Å². The minimum absolute atomic E-state index is 0.437. The third-order valence-electron chi connectivity index (χ3n) is 2.60. The summed E-state index contributed by atoms with van der Waals surface area (Å²) in [6.07, 6.45) is 0.697. The largest absolute Gasteiger partial charge is 0.437 e. The van der Waals surface area contributed by atoms with Gasteiger partial charge in [-0.1, -0.05) is 18.5 Å². The molecule has 4 nitrogen and oxygen atoms in total. The van der Waals surface area contributed by atoms with Crippen molar-refractivity contribution in [3.8, 4) is 11.6 Å². The highest BCUT2D eigenvalue weighted by Gasteiger charge is 2.12. The minimum Gasteiger partial charge on any atom is -0.437 e. The fraction of sp³-hybridized carbons (Fsp3) is 0.231. The number of benzene rings is 1.